The Morgan fingerprint density at radius 2 is 2.00 bits per heavy atom. The SMILES string of the molecule is CC(C)Cc1ccc(C(O)C2CCCOC2)cc1. The lowest BCUT2D eigenvalue weighted by molar-refractivity contribution is -0.00996. The molecule has 0 saturated carbocycles. The molecule has 1 saturated heterocycles. The summed E-state index contributed by atoms with van der Waals surface area (Å²) in [5.74, 6) is 0.933. The maximum atomic E-state index is 10.3. The Bertz CT molecular complexity index is 350. The topological polar surface area (TPSA) is 29.5 Å². The van der Waals surface area contributed by atoms with Crippen LogP contribution in [-0.2, 0) is 11.2 Å². The molecule has 2 unspecified atom stereocenters. The minimum atomic E-state index is -0.376. The molecule has 0 spiro atoms. The van der Waals surface area contributed by atoms with Crippen molar-refractivity contribution in [3.05, 3.63) is 35.4 Å². The molecule has 0 amide bonds. The summed E-state index contributed by atoms with van der Waals surface area (Å²) in [7, 11) is 0. The zero-order chi connectivity index (χ0) is 13.0. The molecule has 2 heteroatoms. The van der Waals surface area contributed by atoms with Gasteiger partial charge in [0.25, 0.3) is 0 Å². The normalized spacial score (nSPS) is 22.1. The van der Waals surface area contributed by atoms with Gasteiger partial charge in [0, 0.05) is 12.5 Å². The Labute approximate surface area is 110 Å². The fourth-order valence-electron chi connectivity index (χ4n) is 2.61. The third kappa shape index (κ3) is 3.56. The van der Waals surface area contributed by atoms with Crippen molar-refractivity contribution in [3.8, 4) is 0 Å². The van der Waals surface area contributed by atoms with Crippen LogP contribution in [0.4, 0.5) is 0 Å². The van der Waals surface area contributed by atoms with Crippen LogP contribution in [0.3, 0.4) is 0 Å². The zero-order valence-electron chi connectivity index (χ0n) is 11.4. The number of rotatable bonds is 4. The predicted octanol–water partition coefficient (Wildman–Crippen LogP) is 3.35. The standard InChI is InChI=1S/C16H24O2/c1-12(2)10-13-5-7-14(8-6-13)16(17)15-4-3-9-18-11-15/h5-8,12,15-17H,3-4,9-11H2,1-2H3. The molecular formula is C16H24O2. The van der Waals surface area contributed by atoms with Crippen LogP contribution in [0, 0.1) is 11.8 Å². The van der Waals surface area contributed by atoms with Gasteiger partial charge in [-0.3, -0.25) is 0 Å². The lowest BCUT2D eigenvalue weighted by Crippen LogP contribution is -2.23. The second kappa shape index (κ2) is 6.35. The summed E-state index contributed by atoms with van der Waals surface area (Å²) in [5.41, 5.74) is 2.37. The fourth-order valence-corrected chi connectivity index (χ4v) is 2.61. The van der Waals surface area contributed by atoms with Crippen LogP contribution < -0.4 is 0 Å². The summed E-state index contributed by atoms with van der Waals surface area (Å²) >= 11 is 0. The van der Waals surface area contributed by atoms with E-state index < -0.39 is 0 Å². The fraction of sp³-hybridized carbons (Fsp3) is 0.625. The predicted molar refractivity (Wildman–Crippen MR) is 73.5 cm³/mol. The Balaban J connectivity index is 1.99. The van der Waals surface area contributed by atoms with Crippen molar-refractivity contribution in [3.63, 3.8) is 0 Å². The van der Waals surface area contributed by atoms with Gasteiger partial charge in [-0.25, -0.2) is 0 Å². The zero-order valence-corrected chi connectivity index (χ0v) is 11.4. The summed E-state index contributed by atoms with van der Waals surface area (Å²) in [6.07, 6.45) is 2.85. The van der Waals surface area contributed by atoms with Gasteiger partial charge in [-0.1, -0.05) is 38.1 Å². The van der Waals surface area contributed by atoms with Crippen molar-refractivity contribution < 1.29 is 9.84 Å². The molecule has 100 valence electrons. The van der Waals surface area contributed by atoms with E-state index in [1.54, 1.807) is 0 Å². The molecule has 1 aliphatic heterocycles. The minimum absolute atomic E-state index is 0.259. The van der Waals surface area contributed by atoms with Crippen molar-refractivity contribution >= 4 is 0 Å². The van der Waals surface area contributed by atoms with Crippen molar-refractivity contribution in [2.45, 2.75) is 39.2 Å². The van der Waals surface area contributed by atoms with Crippen LogP contribution in [0.1, 0.15) is 43.9 Å². The summed E-state index contributed by atoms with van der Waals surface area (Å²) in [5, 5.41) is 10.3. The molecule has 2 nitrogen and oxygen atoms in total. The van der Waals surface area contributed by atoms with Crippen molar-refractivity contribution in [2.75, 3.05) is 13.2 Å². The van der Waals surface area contributed by atoms with E-state index in [1.165, 1.54) is 5.56 Å². The van der Waals surface area contributed by atoms with Gasteiger partial charge in [0.2, 0.25) is 0 Å². The van der Waals surface area contributed by atoms with Crippen LogP contribution in [0.2, 0.25) is 0 Å². The molecular weight excluding hydrogens is 224 g/mol. The number of benzene rings is 1. The van der Waals surface area contributed by atoms with E-state index in [4.69, 9.17) is 4.74 Å². The van der Waals surface area contributed by atoms with Crippen molar-refractivity contribution in [2.24, 2.45) is 11.8 Å². The largest absolute Gasteiger partial charge is 0.388 e. The summed E-state index contributed by atoms with van der Waals surface area (Å²) in [6.45, 7) is 5.98. The van der Waals surface area contributed by atoms with Crippen LogP contribution in [0.25, 0.3) is 0 Å². The Hall–Kier alpha value is -0.860. The molecule has 1 aliphatic rings. The van der Waals surface area contributed by atoms with Gasteiger partial charge in [-0.05, 0) is 36.3 Å². The summed E-state index contributed by atoms with van der Waals surface area (Å²) in [6, 6.07) is 8.42. The Morgan fingerprint density at radius 3 is 2.56 bits per heavy atom. The van der Waals surface area contributed by atoms with E-state index in [-0.39, 0.29) is 12.0 Å². The third-order valence-electron chi connectivity index (χ3n) is 3.61. The molecule has 1 heterocycles. The molecule has 2 atom stereocenters. The first kappa shape index (κ1) is 13.6. The van der Waals surface area contributed by atoms with E-state index in [0.717, 1.165) is 31.4 Å². The number of ether oxygens (including phenoxy) is 1. The van der Waals surface area contributed by atoms with Crippen molar-refractivity contribution in [1.82, 2.24) is 0 Å². The number of aliphatic hydroxyl groups is 1. The van der Waals surface area contributed by atoms with Crippen LogP contribution >= 0.6 is 0 Å². The van der Waals surface area contributed by atoms with E-state index >= 15 is 0 Å². The number of aliphatic hydroxyl groups excluding tert-OH is 1. The second-order valence-electron chi connectivity index (χ2n) is 5.76. The average molecular weight is 248 g/mol. The lowest BCUT2D eigenvalue weighted by atomic mass is 9.90. The van der Waals surface area contributed by atoms with Crippen LogP contribution in [0.5, 0.6) is 0 Å². The molecule has 0 aliphatic carbocycles. The van der Waals surface area contributed by atoms with E-state index in [1.807, 2.05) is 0 Å². The smallest absolute Gasteiger partial charge is 0.0840 e. The Morgan fingerprint density at radius 1 is 1.28 bits per heavy atom. The molecule has 2 rings (SSSR count). The average Bonchev–Trinajstić information content (AvgIpc) is 2.39. The van der Waals surface area contributed by atoms with Gasteiger partial charge >= 0.3 is 0 Å². The van der Waals surface area contributed by atoms with Gasteiger partial charge in [0.15, 0.2) is 0 Å². The molecule has 0 aromatic heterocycles. The van der Waals surface area contributed by atoms with Crippen LogP contribution in [-0.4, -0.2) is 18.3 Å². The van der Waals surface area contributed by atoms with Gasteiger partial charge in [-0.2, -0.15) is 0 Å². The highest BCUT2D eigenvalue weighted by Crippen LogP contribution is 2.28. The molecule has 0 radical (unpaired) electrons. The van der Waals surface area contributed by atoms with Crippen LogP contribution in [0.15, 0.2) is 24.3 Å². The van der Waals surface area contributed by atoms with E-state index in [9.17, 15) is 5.11 Å². The summed E-state index contributed by atoms with van der Waals surface area (Å²) in [4.78, 5) is 0. The highest BCUT2D eigenvalue weighted by molar-refractivity contribution is 5.25. The first-order chi connectivity index (χ1) is 8.66. The number of hydrogen-bond acceptors (Lipinski definition) is 2. The molecule has 1 aromatic carbocycles. The molecule has 1 fully saturated rings. The van der Waals surface area contributed by atoms with Gasteiger partial charge in [-0.15, -0.1) is 0 Å². The second-order valence-corrected chi connectivity index (χ2v) is 5.76. The molecule has 1 N–H and O–H groups in total. The Kier molecular flexibility index (Phi) is 4.79. The van der Waals surface area contributed by atoms with Crippen molar-refractivity contribution in [1.29, 1.82) is 0 Å². The maximum absolute atomic E-state index is 10.3. The van der Waals surface area contributed by atoms with E-state index in [0.29, 0.717) is 12.5 Å². The first-order valence-corrected chi connectivity index (χ1v) is 7.01. The highest BCUT2D eigenvalue weighted by atomic mass is 16.5. The first-order valence-electron chi connectivity index (χ1n) is 7.01. The maximum Gasteiger partial charge on any atom is 0.0840 e. The summed E-state index contributed by atoms with van der Waals surface area (Å²) < 4.78 is 5.44. The third-order valence-corrected chi connectivity index (χ3v) is 3.61. The minimum Gasteiger partial charge on any atom is -0.388 e. The van der Waals surface area contributed by atoms with Gasteiger partial charge < -0.3 is 9.84 Å². The van der Waals surface area contributed by atoms with Gasteiger partial charge in [0.05, 0.1) is 12.7 Å². The van der Waals surface area contributed by atoms with Gasteiger partial charge in [0.1, 0.15) is 0 Å². The highest BCUT2D eigenvalue weighted by Gasteiger charge is 2.23. The lowest BCUT2D eigenvalue weighted by Gasteiger charge is -2.27. The van der Waals surface area contributed by atoms with E-state index in [2.05, 4.69) is 38.1 Å². The quantitative estimate of drug-likeness (QED) is 0.885. The molecule has 0 bridgehead atoms. The molecule has 1 aromatic rings. The molecule has 18 heavy (non-hydrogen) atoms. The monoisotopic (exact) mass is 248 g/mol. The number of hydrogen-bond donors (Lipinski definition) is 1.